The zero-order chi connectivity index (χ0) is 17.3. The quantitative estimate of drug-likeness (QED) is 0.846. The van der Waals surface area contributed by atoms with Crippen molar-refractivity contribution in [3.05, 3.63) is 35.3 Å². The summed E-state index contributed by atoms with van der Waals surface area (Å²) in [6, 6.07) is 3.50. The lowest BCUT2D eigenvalue weighted by atomic mass is 10.2. The summed E-state index contributed by atoms with van der Waals surface area (Å²) in [6.45, 7) is 6.70. The molecule has 0 radical (unpaired) electrons. The number of hydrogen-bond donors (Lipinski definition) is 1. The summed E-state index contributed by atoms with van der Waals surface area (Å²) in [5, 5.41) is 4.31. The number of ether oxygens (including phenoxy) is 1. The molecule has 7 nitrogen and oxygen atoms in total. The first-order chi connectivity index (χ1) is 11.4. The van der Waals surface area contributed by atoms with Crippen LogP contribution in [-0.4, -0.2) is 45.6 Å². The van der Waals surface area contributed by atoms with E-state index in [0.717, 1.165) is 35.9 Å². The molecule has 2 aromatic rings. The minimum Gasteiger partial charge on any atom is -0.378 e. The van der Waals surface area contributed by atoms with Crippen LogP contribution in [-0.2, 0) is 32.0 Å². The van der Waals surface area contributed by atoms with Crippen molar-refractivity contribution < 1.29 is 13.5 Å². The summed E-state index contributed by atoms with van der Waals surface area (Å²) < 4.78 is 30.4. The molecule has 0 aliphatic carbocycles. The van der Waals surface area contributed by atoms with Crippen LogP contribution < -0.4 is 4.90 Å². The fourth-order valence-corrected chi connectivity index (χ4v) is 4.32. The van der Waals surface area contributed by atoms with Gasteiger partial charge in [-0.25, -0.2) is 4.98 Å². The third-order valence-corrected chi connectivity index (χ3v) is 6.08. The van der Waals surface area contributed by atoms with Crippen molar-refractivity contribution in [1.29, 1.82) is 0 Å². The third-order valence-electron chi connectivity index (χ3n) is 4.42. The predicted molar refractivity (Wildman–Crippen MR) is 92.6 cm³/mol. The molecule has 130 valence electrons. The SMILES string of the molecule is Cc1nn(C)c(C)c1C[S+](=O)(O)c1ccc(N2CCOCC2)nc1. The lowest BCUT2D eigenvalue weighted by Gasteiger charge is -2.27. The summed E-state index contributed by atoms with van der Waals surface area (Å²) in [5.41, 5.74) is 2.52. The Morgan fingerprint density at radius 1 is 1.29 bits per heavy atom. The molecule has 1 fully saturated rings. The van der Waals surface area contributed by atoms with E-state index in [0.29, 0.717) is 18.1 Å². The molecular weight excluding hydrogens is 328 g/mol. The molecule has 3 rings (SSSR count). The first kappa shape index (κ1) is 17.1. The van der Waals surface area contributed by atoms with E-state index in [1.54, 1.807) is 16.8 Å². The highest BCUT2D eigenvalue weighted by molar-refractivity contribution is 7.97. The second-order valence-corrected chi connectivity index (χ2v) is 8.05. The van der Waals surface area contributed by atoms with Crippen molar-refractivity contribution in [3.8, 4) is 0 Å². The average molecular weight is 351 g/mol. The van der Waals surface area contributed by atoms with Crippen LogP contribution >= 0.6 is 0 Å². The van der Waals surface area contributed by atoms with Gasteiger partial charge in [0, 0.05) is 37.5 Å². The van der Waals surface area contributed by atoms with Crippen molar-refractivity contribution in [1.82, 2.24) is 14.8 Å². The molecule has 0 bridgehead atoms. The third kappa shape index (κ3) is 3.35. The van der Waals surface area contributed by atoms with Crippen LogP contribution in [0.1, 0.15) is 17.0 Å². The molecule has 1 unspecified atom stereocenters. The summed E-state index contributed by atoms with van der Waals surface area (Å²) in [4.78, 5) is 6.83. The van der Waals surface area contributed by atoms with Crippen molar-refractivity contribution in [2.75, 3.05) is 31.2 Å². The van der Waals surface area contributed by atoms with Crippen LogP contribution in [0.5, 0.6) is 0 Å². The number of hydrogen-bond acceptors (Lipinski definition) is 5. The zero-order valence-corrected chi connectivity index (χ0v) is 15.0. The molecular formula is C16H23N4O3S+. The molecule has 1 atom stereocenters. The summed E-state index contributed by atoms with van der Waals surface area (Å²) >= 11 is 0. The predicted octanol–water partition coefficient (Wildman–Crippen LogP) is 1.80. The van der Waals surface area contributed by atoms with E-state index < -0.39 is 10.2 Å². The zero-order valence-electron chi connectivity index (χ0n) is 14.2. The van der Waals surface area contributed by atoms with Gasteiger partial charge in [0.25, 0.3) is 10.2 Å². The molecule has 0 aromatic carbocycles. The smallest absolute Gasteiger partial charge is 0.254 e. The maximum atomic E-state index is 12.8. The molecule has 1 N–H and O–H groups in total. The normalized spacial score (nSPS) is 17.8. The van der Waals surface area contributed by atoms with Crippen molar-refractivity contribution in [2.24, 2.45) is 7.05 Å². The molecule has 8 heteroatoms. The molecule has 1 aliphatic heterocycles. The first-order valence-electron chi connectivity index (χ1n) is 7.90. The van der Waals surface area contributed by atoms with Crippen LogP contribution in [0.25, 0.3) is 0 Å². The Kier molecular flexibility index (Phi) is 4.71. The molecule has 0 amide bonds. The number of aromatic nitrogens is 3. The van der Waals surface area contributed by atoms with Crippen LogP contribution in [0.2, 0.25) is 0 Å². The van der Waals surface area contributed by atoms with Crippen LogP contribution in [0.15, 0.2) is 23.2 Å². The van der Waals surface area contributed by atoms with Gasteiger partial charge in [-0.2, -0.15) is 9.65 Å². The fraction of sp³-hybridized carbons (Fsp3) is 0.500. The Hall–Kier alpha value is -1.77. The van der Waals surface area contributed by atoms with Gasteiger partial charge in [-0.15, -0.1) is 0 Å². The van der Waals surface area contributed by atoms with E-state index in [1.807, 2.05) is 20.9 Å². The molecule has 1 aliphatic rings. The van der Waals surface area contributed by atoms with E-state index >= 15 is 0 Å². The van der Waals surface area contributed by atoms with E-state index in [-0.39, 0.29) is 5.75 Å². The Bertz CT molecular complexity index is 766. The topological polar surface area (TPSA) is 80.5 Å². The largest absolute Gasteiger partial charge is 0.378 e. The monoisotopic (exact) mass is 351 g/mol. The summed E-state index contributed by atoms with van der Waals surface area (Å²) in [7, 11) is -1.36. The van der Waals surface area contributed by atoms with Gasteiger partial charge in [0.2, 0.25) is 4.90 Å². The molecule has 2 aromatic heterocycles. The first-order valence-corrected chi connectivity index (χ1v) is 9.59. The Labute approximate surface area is 142 Å². The lowest BCUT2D eigenvalue weighted by molar-refractivity contribution is 0.122. The molecule has 24 heavy (non-hydrogen) atoms. The van der Waals surface area contributed by atoms with Crippen LogP contribution in [0.3, 0.4) is 0 Å². The average Bonchev–Trinajstić information content (AvgIpc) is 2.82. The van der Waals surface area contributed by atoms with E-state index in [9.17, 15) is 8.76 Å². The molecule has 0 spiro atoms. The summed E-state index contributed by atoms with van der Waals surface area (Å²) in [6.07, 6.45) is 1.51. The Balaban J connectivity index is 1.80. The van der Waals surface area contributed by atoms with Crippen molar-refractivity contribution in [3.63, 3.8) is 0 Å². The van der Waals surface area contributed by atoms with Gasteiger partial charge in [0.05, 0.1) is 25.1 Å². The second-order valence-electron chi connectivity index (χ2n) is 6.01. The highest BCUT2D eigenvalue weighted by Crippen LogP contribution is 2.26. The molecule has 0 saturated carbocycles. The summed E-state index contributed by atoms with van der Waals surface area (Å²) in [5.74, 6) is 0.864. The van der Waals surface area contributed by atoms with Crippen molar-refractivity contribution >= 4 is 16.0 Å². The number of aryl methyl sites for hydroxylation is 2. The van der Waals surface area contributed by atoms with Crippen LogP contribution in [0, 0.1) is 13.8 Å². The number of pyridine rings is 1. The van der Waals surface area contributed by atoms with Gasteiger partial charge in [-0.3, -0.25) is 4.68 Å². The van der Waals surface area contributed by atoms with E-state index in [4.69, 9.17) is 4.74 Å². The van der Waals surface area contributed by atoms with Gasteiger partial charge >= 0.3 is 0 Å². The van der Waals surface area contributed by atoms with Gasteiger partial charge in [-0.05, 0) is 19.9 Å². The molecule has 3 heterocycles. The highest BCUT2D eigenvalue weighted by Gasteiger charge is 2.33. The van der Waals surface area contributed by atoms with Crippen molar-refractivity contribution in [2.45, 2.75) is 24.5 Å². The Morgan fingerprint density at radius 3 is 2.54 bits per heavy atom. The number of morpholine rings is 1. The van der Waals surface area contributed by atoms with Gasteiger partial charge in [0.15, 0.2) is 5.75 Å². The van der Waals surface area contributed by atoms with Crippen LogP contribution in [0.4, 0.5) is 5.82 Å². The highest BCUT2D eigenvalue weighted by atomic mass is 32.3. The lowest BCUT2D eigenvalue weighted by Crippen LogP contribution is -2.36. The maximum absolute atomic E-state index is 12.8. The molecule has 1 saturated heterocycles. The van der Waals surface area contributed by atoms with E-state index in [2.05, 4.69) is 15.0 Å². The number of nitrogens with zero attached hydrogens (tertiary/aromatic N) is 4. The minimum absolute atomic E-state index is 0.0527. The van der Waals surface area contributed by atoms with Gasteiger partial charge in [0.1, 0.15) is 5.82 Å². The fourth-order valence-electron chi connectivity index (χ4n) is 2.85. The standard InChI is InChI=1S/C16H22N4O3S/c1-12-15(13(2)19(3)18-12)11-24(21,22)14-4-5-16(17-10-14)20-6-8-23-9-7-20/h4-5,10H,6-9,11H2,1-3H3/p+1. The van der Waals surface area contributed by atoms with Gasteiger partial charge < -0.3 is 9.64 Å². The minimum atomic E-state index is -3.20. The maximum Gasteiger partial charge on any atom is 0.254 e. The number of anilines is 1. The Morgan fingerprint density at radius 2 is 2.00 bits per heavy atom. The number of rotatable bonds is 4. The van der Waals surface area contributed by atoms with Gasteiger partial charge in [-0.1, -0.05) is 4.21 Å². The second kappa shape index (κ2) is 6.62. The van der Waals surface area contributed by atoms with E-state index in [1.165, 1.54) is 6.20 Å².